The molecule has 0 spiro atoms. The van der Waals surface area contributed by atoms with Gasteiger partial charge in [0.15, 0.2) is 5.17 Å². The summed E-state index contributed by atoms with van der Waals surface area (Å²) in [6.45, 7) is 11.4. The van der Waals surface area contributed by atoms with Crippen LogP contribution in [0.15, 0.2) is 64.5 Å². The van der Waals surface area contributed by atoms with E-state index in [0.29, 0.717) is 4.91 Å². The smallest absolute Gasteiger partial charge is 0.286 e. The number of thioether (sulfide) groups is 1. The van der Waals surface area contributed by atoms with Gasteiger partial charge in [0.1, 0.15) is 0 Å². The molecule has 1 saturated heterocycles. The summed E-state index contributed by atoms with van der Waals surface area (Å²) in [7, 11) is 0. The molecule has 2 aromatic rings. The number of nitrogens with zero attached hydrogens (tertiary/aromatic N) is 3. The van der Waals surface area contributed by atoms with Crippen molar-refractivity contribution >= 4 is 28.9 Å². The summed E-state index contributed by atoms with van der Waals surface area (Å²) in [6.07, 6.45) is 1.96. The molecule has 0 bridgehead atoms. The Labute approximate surface area is 183 Å². The molecule has 0 N–H and O–H groups in total. The Balaban J connectivity index is 1.34. The lowest BCUT2D eigenvalue weighted by atomic mass is 9.87. The number of piperazine rings is 1. The van der Waals surface area contributed by atoms with Crippen LogP contribution in [0.5, 0.6) is 0 Å². The van der Waals surface area contributed by atoms with E-state index in [-0.39, 0.29) is 11.3 Å². The number of hydrogen-bond acceptors (Lipinski definition) is 4. The lowest BCUT2D eigenvalue weighted by Crippen LogP contribution is -2.47. The summed E-state index contributed by atoms with van der Waals surface area (Å²) in [4.78, 5) is 22.2. The fourth-order valence-electron chi connectivity index (χ4n) is 3.70. The minimum atomic E-state index is -0.124. The zero-order valence-corrected chi connectivity index (χ0v) is 18.8. The van der Waals surface area contributed by atoms with Crippen molar-refractivity contribution in [1.82, 2.24) is 9.80 Å². The molecule has 2 aromatic carbocycles. The van der Waals surface area contributed by atoms with Gasteiger partial charge in [-0.3, -0.25) is 9.69 Å². The molecule has 0 aliphatic carbocycles. The quantitative estimate of drug-likeness (QED) is 0.672. The number of benzene rings is 2. The molecule has 0 saturated carbocycles. The van der Waals surface area contributed by atoms with E-state index in [1.54, 1.807) is 0 Å². The van der Waals surface area contributed by atoms with Gasteiger partial charge in [-0.15, -0.1) is 0 Å². The van der Waals surface area contributed by atoms with Crippen LogP contribution in [-0.4, -0.2) is 47.1 Å². The molecule has 0 radical (unpaired) electrons. The largest absolute Gasteiger partial charge is 0.348 e. The number of amides is 1. The van der Waals surface area contributed by atoms with Crippen LogP contribution in [0, 0.1) is 0 Å². The molecule has 0 aromatic heterocycles. The molecule has 2 aliphatic rings. The first kappa shape index (κ1) is 20.9. The average molecular weight is 420 g/mol. The second-order valence-corrected chi connectivity index (χ2v) is 9.94. The van der Waals surface area contributed by atoms with E-state index in [2.05, 4.69) is 90.2 Å². The van der Waals surface area contributed by atoms with Crippen molar-refractivity contribution < 1.29 is 4.79 Å². The number of carbonyl (C=O) groups excluding carboxylic acids is 1. The van der Waals surface area contributed by atoms with E-state index in [1.165, 1.54) is 22.9 Å². The summed E-state index contributed by atoms with van der Waals surface area (Å²) in [5.74, 6) is -0.124. The van der Waals surface area contributed by atoms with Crippen molar-refractivity contribution in [3.05, 3.63) is 76.2 Å². The SMILES string of the molecule is CC(C)(C)c1ccc(/C=C2\SC(N3CCN(Cc4ccccc4)CC3)=NC2=O)cc1. The third-order valence-corrected chi connectivity index (χ3v) is 6.62. The lowest BCUT2D eigenvalue weighted by Gasteiger charge is -2.35. The Morgan fingerprint density at radius 3 is 2.27 bits per heavy atom. The van der Waals surface area contributed by atoms with Gasteiger partial charge in [0, 0.05) is 32.7 Å². The van der Waals surface area contributed by atoms with Gasteiger partial charge in [-0.25, -0.2) is 0 Å². The molecule has 1 amide bonds. The Morgan fingerprint density at radius 1 is 0.967 bits per heavy atom. The van der Waals surface area contributed by atoms with Crippen LogP contribution in [0.4, 0.5) is 0 Å². The van der Waals surface area contributed by atoms with E-state index in [9.17, 15) is 4.79 Å². The molecule has 1 fully saturated rings. The normalized spacial score (nSPS) is 19.4. The first-order chi connectivity index (χ1) is 14.4. The maximum absolute atomic E-state index is 12.4. The topological polar surface area (TPSA) is 35.9 Å². The van der Waals surface area contributed by atoms with Crippen molar-refractivity contribution in [2.45, 2.75) is 32.7 Å². The summed E-state index contributed by atoms with van der Waals surface area (Å²) >= 11 is 1.50. The van der Waals surface area contributed by atoms with E-state index >= 15 is 0 Å². The third kappa shape index (κ3) is 5.02. The van der Waals surface area contributed by atoms with E-state index in [0.717, 1.165) is 43.5 Å². The molecule has 2 heterocycles. The highest BCUT2D eigenvalue weighted by atomic mass is 32.2. The third-order valence-electron chi connectivity index (χ3n) is 5.58. The summed E-state index contributed by atoms with van der Waals surface area (Å²) in [6, 6.07) is 19.0. The number of carbonyl (C=O) groups is 1. The Bertz CT molecular complexity index is 950. The van der Waals surface area contributed by atoms with Crippen molar-refractivity contribution in [2.75, 3.05) is 26.2 Å². The fraction of sp³-hybridized carbons (Fsp3) is 0.360. The summed E-state index contributed by atoms with van der Waals surface area (Å²) in [5.41, 5.74) is 3.81. The average Bonchev–Trinajstić information content (AvgIpc) is 3.09. The van der Waals surface area contributed by atoms with Gasteiger partial charge in [0.25, 0.3) is 5.91 Å². The minimum Gasteiger partial charge on any atom is -0.348 e. The molecule has 5 heteroatoms. The number of aliphatic imine (C=N–C) groups is 1. The van der Waals surface area contributed by atoms with Gasteiger partial charge in [-0.05, 0) is 39.9 Å². The molecule has 0 unspecified atom stereocenters. The van der Waals surface area contributed by atoms with Crippen LogP contribution >= 0.6 is 11.8 Å². The predicted octanol–water partition coefficient (Wildman–Crippen LogP) is 4.77. The molecular weight excluding hydrogens is 390 g/mol. The number of amidine groups is 1. The number of hydrogen-bond donors (Lipinski definition) is 0. The van der Waals surface area contributed by atoms with Crippen molar-refractivity contribution in [3.8, 4) is 0 Å². The van der Waals surface area contributed by atoms with E-state index in [1.807, 2.05) is 6.08 Å². The maximum atomic E-state index is 12.4. The van der Waals surface area contributed by atoms with Crippen LogP contribution < -0.4 is 0 Å². The predicted molar refractivity (Wildman–Crippen MR) is 126 cm³/mol. The Morgan fingerprint density at radius 2 is 1.63 bits per heavy atom. The molecule has 4 rings (SSSR count). The van der Waals surface area contributed by atoms with Crippen LogP contribution in [0.3, 0.4) is 0 Å². The fourth-order valence-corrected chi connectivity index (χ4v) is 4.67. The van der Waals surface area contributed by atoms with Gasteiger partial charge in [0.2, 0.25) is 0 Å². The lowest BCUT2D eigenvalue weighted by molar-refractivity contribution is -0.113. The maximum Gasteiger partial charge on any atom is 0.286 e. The monoisotopic (exact) mass is 419 g/mol. The number of rotatable bonds is 3. The molecule has 0 atom stereocenters. The Hall–Kier alpha value is -2.37. The zero-order valence-electron chi connectivity index (χ0n) is 18.0. The molecule has 4 nitrogen and oxygen atoms in total. The second kappa shape index (κ2) is 8.78. The Kier molecular flexibility index (Phi) is 6.11. The van der Waals surface area contributed by atoms with Crippen molar-refractivity contribution in [2.24, 2.45) is 4.99 Å². The van der Waals surface area contributed by atoms with Crippen LogP contribution in [0.25, 0.3) is 6.08 Å². The molecule has 30 heavy (non-hydrogen) atoms. The van der Waals surface area contributed by atoms with E-state index < -0.39 is 0 Å². The molecule has 2 aliphatic heterocycles. The van der Waals surface area contributed by atoms with Crippen LogP contribution in [0.1, 0.15) is 37.5 Å². The minimum absolute atomic E-state index is 0.124. The van der Waals surface area contributed by atoms with Gasteiger partial charge in [0.05, 0.1) is 4.91 Å². The molecule has 156 valence electrons. The zero-order chi connectivity index (χ0) is 21.1. The van der Waals surface area contributed by atoms with Crippen molar-refractivity contribution in [1.29, 1.82) is 0 Å². The molecular formula is C25H29N3OS. The standard InChI is InChI=1S/C25H29N3OS/c1-25(2,3)21-11-9-19(10-12-21)17-22-23(29)26-24(30-22)28-15-13-27(14-16-28)18-20-7-5-4-6-8-20/h4-12,17H,13-16,18H2,1-3H3/b22-17-. The van der Waals surface area contributed by atoms with Gasteiger partial charge in [-0.2, -0.15) is 4.99 Å². The summed E-state index contributed by atoms with van der Waals surface area (Å²) < 4.78 is 0. The van der Waals surface area contributed by atoms with Crippen LogP contribution in [-0.2, 0) is 16.8 Å². The van der Waals surface area contributed by atoms with Crippen LogP contribution in [0.2, 0.25) is 0 Å². The van der Waals surface area contributed by atoms with Crippen molar-refractivity contribution in [3.63, 3.8) is 0 Å². The van der Waals surface area contributed by atoms with Gasteiger partial charge >= 0.3 is 0 Å². The summed E-state index contributed by atoms with van der Waals surface area (Å²) in [5, 5.41) is 0.844. The highest BCUT2D eigenvalue weighted by Crippen LogP contribution is 2.31. The first-order valence-electron chi connectivity index (χ1n) is 10.5. The first-order valence-corrected chi connectivity index (χ1v) is 11.3. The second-order valence-electron chi connectivity index (χ2n) is 8.93. The highest BCUT2D eigenvalue weighted by molar-refractivity contribution is 8.18. The van der Waals surface area contributed by atoms with Gasteiger partial charge < -0.3 is 4.90 Å². The van der Waals surface area contributed by atoms with Gasteiger partial charge in [-0.1, -0.05) is 75.4 Å². The van der Waals surface area contributed by atoms with E-state index in [4.69, 9.17) is 0 Å². The highest BCUT2D eigenvalue weighted by Gasteiger charge is 2.28.